The largest absolute Gasteiger partial charge is 0.493 e. The van der Waals surface area contributed by atoms with Crippen LogP contribution in [0, 0.1) is 0 Å². The number of anilines is 2. The van der Waals surface area contributed by atoms with E-state index in [0.717, 1.165) is 33.6 Å². The predicted molar refractivity (Wildman–Crippen MR) is 101 cm³/mol. The van der Waals surface area contributed by atoms with Gasteiger partial charge >= 0.3 is 0 Å². The molecule has 1 heterocycles. The summed E-state index contributed by atoms with van der Waals surface area (Å²) in [5, 5.41) is 3.99. The fourth-order valence-electron chi connectivity index (χ4n) is 2.49. The van der Waals surface area contributed by atoms with Crippen molar-refractivity contribution in [2.45, 2.75) is 20.8 Å². The lowest BCUT2D eigenvalue weighted by atomic mass is 10.0. The highest BCUT2D eigenvalue weighted by molar-refractivity contribution is 5.93. The zero-order valence-electron chi connectivity index (χ0n) is 14.6. The summed E-state index contributed by atoms with van der Waals surface area (Å²) in [5.41, 5.74) is 8.66. The van der Waals surface area contributed by atoms with E-state index in [9.17, 15) is 0 Å². The molecule has 126 valence electrons. The Hall–Kier alpha value is -2.82. The van der Waals surface area contributed by atoms with Crippen molar-refractivity contribution in [1.29, 1.82) is 0 Å². The van der Waals surface area contributed by atoms with Gasteiger partial charge in [-0.3, -0.25) is 0 Å². The Labute approximate surface area is 142 Å². The lowest BCUT2D eigenvalue weighted by Crippen LogP contribution is -2.01. The molecule has 0 amide bonds. The summed E-state index contributed by atoms with van der Waals surface area (Å²) in [6, 6.07) is 14.0. The van der Waals surface area contributed by atoms with Crippen LogP contribution >= 0.6 is 0 Å². The van der Waals surface area contributed by atoms with Gasteiger partial charge in [-0.2, -0.15) is 4.98 Å². The quantitative estimate of drug-likeness (QED) is 0.746. The third-order valence-electron chi connectivity index (χ3n) is 3.45. The van der Waals surface area contributed by atoms with Gasteiger partial charge in [0.25, 0.3) is 0 Å². The zero-order chi connectivity index (χ0) is 17.5. The van der Waals surface area contributed by atoms with Gasteiger partial charge in [0.2, 0.25) is 5.95 Å². The van der Waals surface area contributed by atoms with Crippen molar-refractivity contribution in [3.8, 4) is 16.9 Å². The molecule has 0 bridgehead atoms. The maximum atomic E-state index is 5.78. The Morgan fingerprint density at radius 2 is 1.83 bits per heavy atom. The second kappa shape index (κ2) is 8.15. The number of benzene rings is 2. The first-order valence-corrected chi connectivity index (χ1v) is 8.20. The smallest absolute Gasteiger partial charge is 0.222 e. The number of nitrogen functional groups attached to an aromatic ring is 1. The molecule has 0 atom stereocenters. The van der Waals surface area contributed by atoms with E-state index in [-0.39, 0.29) is 5.95 Å². The van der Waals surface area contributed by atoms with Crippen LogP contribution in [0.2, 0.25) is 0 Å². The van der Waals surface area contributed by atoms with Gasteiger partial charge in [0.1, 0.15) is 11.6 Å². The van der Waals surface area contributed by atoms with Crippen LogP contribution in [0.4, 0.5) is 11.8 Å². The van der Waals surface area contributed by atoms with Gasteiger partial charge < -0.3 is 15.8 Å². The molecule has 0 radical (unpaired) electrons. The van der Waals surface area contributed by atoms with Crippen molar-refractivity contribution in [2.75, 3.05) is 24.7 Å². The van der Waals surface area contributed by atoms with E-state index in [2.05, 4.69) is 15.3 Å². The number of ether oxygens (including phenoxy) is 1. The SMILES string of the molecule is CC.CCOc1ccccc1-c1ccc2c(NC)nc(N)nc2c1. The molecule has 3 rings (SSSR count). The van der Waals surface area contributed by atoms with E-state index in [0.29, 0.717) is 6.61 Å². The van der Waals surface area contributed by atoms with Gasteiger partial charge in [-0.1, -0.05) is 38.1 Å². The Morgan fingerprint density at radius 3 is 2.54 bits per heavy atom. The summed E-state index contributed by atoms with van der Waals surface area (Å²) >= 11 is 0. The number of aromatic nitrogens is 2. The van der Waals surface area contributed by atoms with Gasteiger partial charge in [-0.25, -0.2) is 4.98 Å². The van der Waals surface area contributed by atoms with Crippen LogP contribution in [-0.4, -0.2) is 23.6 Å². The fourth-order valence-corrected chi connectivity index (χ4v) is 2.49. The molecular formula is C19H24N4O. The summed E-state index contributed by atoms with van der Waals surface area (Å²) < 4.78 is 5.70. The first kappa shape index (κ1) is 17.5. The van der Waals surface area contributed by atoms with Crippen molar-refractivity contribution < 1.29 is 4.74 Å². The highest BCUT2D eigenvalue weighted by Crippen LogP contribution is 2.32. The van der Waals surface area contributed by atoms with E-state index in [1.54, 1.807) is 0 Å². The van der Waals surface area contributed by atoms with Crippen LogP contribution in [-0.2, 0) is 0 Å². The molecule has 1 aromatic heterocycles. The minimum Gasteiger partial charge on any atom is -0.493 e. The number of para-hydroxylation sites is 1. The zero-order valence-corrected chi connectivity index (χ0v) is 14.6. The van der Waals surface area contributed by atoms with Gasteiger partial charge in [0.15, 0.2) is 0 Å². The molecule has 0 fully saturated rings. The second-order valence-corrected chi connectivity index (χ2v) is 4.84. The number of nitrogens with two attached hydrogens (primary N) is 1. The molecule has 0 aliphatic carbocycles. The van der Waals surface area contributed by atoms with Gasteiger partial charge in [-0.15, -0.1) is 0 Å². The van der Waals surface area contributed by atoms with E-state index in [1.807, 2.05) is 70.3 Å². The molecule has 0 saturated carbocycles. The van der Waals surface area contributed by atoms with Crippen LogP contribution in [0.1, 0.15) is 20.8 Å². The van der Waals surface area contributed by atoms with Crippen LogP contribution in [0.15, 0.2) is 42.5 Å². The maximum Gasteiger partial charge on any atom is 0.222 e. The topological polar surface area (TPSA) is 73.1 Å². The van der Waals surface area contributed by atoms with Gasteiger partial charge in [0.05, 0.1) is 12.1 Å². The third kappa shape index (κ3) is 3.56. The summed E-state index contributed by atoms with van der Waals surface area (Å²) in [4.78, 5) is 8.53. The van der Waals surface area contributed by atoms with Crippen molar-refractivity contribution >= 4 is 22.7 Å². The van der Waals surface area contributed by atoms with Crippen LogP contribution in [0.5, 0.6) is 5.75 Å². The Kier molecular flexibility index (Phi) is 5.95. The van der Waals surface area contributed by atoms with E-state index in [1.165, 1.54) is 0 Å². The van der Waals surface area contributed by atoms with Crippen molar-refractivity contribution in [1.82, 2.24) is 9.97 Å². The molecule has 24 heavy (non-hydrogen) atoms. The number of hydrogen-bond donors (Lipinski definition) is 2. The monoisotopic (exact) mass is 324 g/mol. The van der Waals surface area contributed by atoms with Crippen molar-refractivity contribution in [3.05, 3.63) is 42.5 Å². The molecule has 5 nitrogen and oxygen atoms in total. The molecule has 0 saturated heterocycles. The van der Waals surface area contributed by atoms with Gasteiger partial charge in [0, 0.05) is 18.0 Å². The first-order chi connectivity index (χ1) is 11.7. The number of rotatable bonds is 4. The normalized spacial score (nSPS) is 10.0. The van der Waals surface area contributed by atoms with E-state index in [4.69, 9.17) is 10.5 Å². The Bertz CT molecular complexity index is 818. The van der Waals surface area contributed by atoms with Gasteiger partial charge in [-0.05, 0) is 30.7 Å². The average Bonchev–Trinajstić information content (AvgIpc) is 2.63. The molecule has 3 N–H and O–H groups in total. The highest BCUT2D eigenvalue weighted by Gasteiger charge is 2.09. The van der Waals surface area contributed by atoms with Crippen LogP contribution in [0.25, 0.3) is 22.0 Å². The predicted octanol–water partition coefficient (Wildman–Crippen LogP) is 4.35. The molecule has 3 aromatic rings. The molecule has 0 aliphatic rings. The molecule has 0 spiro atoms. The fraction of sp³-hybridized carbons (Fsp3) is 0.263. The summed E-state index contributed by atoms with van der Waals surface area (Å²) in [5.74, 6) is 1.85. The lowest BCUT2D eigenvalue weighted by Gasteiger charge is -2.11. The highest BCUT2D eigenvalue weighted by atomic mass is 16.5. The number of hydrogen-bond acceptors (Lipinski definition) is 5. The molecule has 2 aromatic carbocycles. The minimum atomic E-state index is 0.257. The summed E-state index contributed by atoms with van der Waals surface area (Å²) in [6.07, 6.45) is 0. The standard InChI is InChI=1S/C17H18N4O.C2H6/c1-3-22-15-7-5-4-6-12(15)11-8-9-13-14(10-11)20-17(18)21-16(13)19-2;1-2/h4-10H,3H2,1-2H3,(H3,18,19,20,21);1-2H3. The molecule has 5 heteroatoms. The number of fused-ring (bicyclic) bond motifs is 1. The summed E-state index contributed by atoms with van der Waals surface area (Å²) in [6.45, 7) is 6.61. The molecule has 0 aliphatic heterocycles. The summed E-state index contributed by atoms with van der Waals surface area (Å²) in [7, 11) is 1.82. The van der Waals surface area contributed by atoms with E-state index < -0.39 is 0 Å². The number of nitrogens with one attached hydrogen (secondary N) is 1. The first-order valence-electron chi connectivity index (χ1n) is 8.20. The van der Waals surface area contributed by atoms with Crippen molar-refractivity contribution in [3.63, 3.8) is 0 Å². The second-order valence-electron chi connectivity index (χ2n) is 4.84. The minimum absolute atomic E-state index is 0.257. The number of nitrogens with zero attached hydrogens (tertiary/aromatic N) is 2. The maximum absolute atomic E-state index is 5.78. The van der Waals surface area contributed by atoms with Crippen LogP contribution < -0.4 is 15.8 Å². The Balaban J connectivity index is 0.00000100. The lowest BCUT2D eigenvalue weighted by molar-refractivity contribution is 0.341. The third-order valence-corrected chi connectivity index (χ3v) is 3.45. The molecule has 0 unspecified atom stereocenters. The molecular weight excluding hydrogens is 300 g/mol. The van der Waals surface area contributed by atoms with E-state index >= 15 is 0 Å². The van der Waals surface area contributed by atoms with Crippen LogP contribution in [0.3, 0.4) is 0 Å². The average molecular weight is 324 g/mol. The Morgan fingerprint density at radius 1 is 1.08 bits per heavy atom. The van der Waals surface area contributed by atoms with Crippen molar-refractivity contribution in [2.24, 2.45) is 0 Å².